The molecule has 1 unspecified atom stereocenters. The highest BCUT2D eigenvalue weighted by Gasteiger charge is 2.16. The van der Waals surface area contributed by atoms with E-state index in [0.29, 0.717) is 10.9 Å². The Hall–Kier alpha value is -1.27. The van der Waals surface area contributed by atoms with Crippen molar-refractivity contribution < 1.29 is 14.6 Å². The molecule has 0 aliphatic carbocycles. The van der Waals surface area contributed by atoms with Gasteiger partial charge in [-0.3, -0.25) is 0 Å². The van der Waals surface area contributed by atoms with Gasteiger partial charge in [0, 0.05) is 7.05 Å². The molecule has 1 N–H and O–H groups in total. The molecule has 28 heavy (non-hydrogen) atoms. The third-order valence-corrected chi connectivity index (χ3v) is 6.05. The number of ether oxygens (including phenoxy) is 1. The lowest BCUT2D eigenvalue weighted by Gasteiger charge is -2.09. The fourth-order valence-electron chi connectivity index (χ4n) is 3.07. The zero-order valence-corrected chi connectivity index (χ0v) is 18.7. The van der Waals surface area contributed by atoms with Crippen LogP contribution < -0.4 is 0 Å². The highest BCUT2D eigenvalue weighted by molar-refractivity contribution is 8.00. The summed E-state index contributed by atoms with van der Waals surface area (Å²) in [6.07, 6.45) is 20.2. The summed E-state index contributed by atoms with van der Waals surface area (Å²) in [7, 11) is 3.14. The van der Waals surface area contributed by atoms with Gasteiger partial charge in [-0.05, 0) is 12.8 Å². The first-order chi connectivity index (χ1) is 13.6. The number of allylic oxidation sites excluding steroid dienone is 1. The molecule has 0 fully saturated rings. The molecule has 0 spiro atoms. The van der Waals surface area contributed by atoms with Gasteiger partial charge in [0.2, 0.25) is 0 Å². The lowest BCUT2D eigenvalue weighted by Crippen LogP contribution is -2.10. The molecular formula is C22H38N2O3S. The van der Waals surface area contributed by atoms with Crippen LogP contribution in [0.5, 0.6) is 0 Å². The van der Waals surface area contributed by atoms with E-state index in [1.54, 1.807) is 11.6 Å². The molecule has 0 saturated heterocycles. The molecule has 0 aliphatic rings. The van der Waals surface area contributed by atoms with Crippen LogP contribution in [-0.4, -0.2) is 39.6 Å². The number of hydrogen-bond acceptors (Lipinski definition) is 5. The maximum Gasteiger partial charge on any atom is 0.356 e. The summed E-state index contributed by atoms with van der Waals surface area (Å²) in [6.45, 7) is 2.30. The Labute approximate surface area is 175 Å². The zero-order chi connectivity index (χ0) is 20.6. The number of carbonyl (C=O) groups excluding carboxylic acids is 1. The Kier molecular flexibility index (Phi) is 13.8. The lowest BCUT2D eigenvalue weighted by atomic mass is 10.1. The summed E-state index contributed by atoms with van der Waals surface area (Å²) in [5, 5.41) is 10.3. The molecule has 1 heterocycles. The second-order valence-electron chi connectivity index (χ2n) is 7.21. The highest BCUT2D eigenvalue weighted by atomic mass is 32.2. The largest absolute Gasteiger partial charge is 0.464 e. The molecule has 5 nitrogen and oxygen atoms in total. The number of carbonyl (C=O) groups is 1. The van der Waals surface area contributed by atoms with Crippen LogP contribution in [0.15, 0.2) is 23.5 Å². The van der Waals surface area contributed by atoms with Gasteiger partial charge in [0.05, 0.1) is 25.2 Å². The monoisotopic (exact) mass is 410 g/mol. The molecule has 0 aromatic carbocycles. The summed E-state index contributed by atoms with van der Waals surface area (Å²) < 4.78 is 6.44. The van der Waals surface area contributed by atoms with E-state index in [1.165, 1.54) is 89.3 Å². The van der Waals surface area contributed by atoms with Gasteiger partial charge < -0.3 is 14.4 Å². The standard InChI is InChI=1S/C22H38N2O3S/c1-4-5-6-7-8-9-10-11-12-13-14-15-16-19(18-25)28-22-23-17-20(24(22)2)21(26)27-3/h15-17,19,25H,4-14,18H2,1-3H3/b16-15-. The fourth-order valence-corrected chi connectivity index (χ4v) is 3.97. The average Bonchev–Trinajstić information content (AvgIpc) is 3.07. The number of nitrogens with zero attached hydrogens (tertiary/aromatic N) is 2. The van der Waals surface area contributed by atoms with Crippen LogP contribution >= 0.6 is 11.8 Å². The van der Waals surface area contributed by atoms with E-state index in [0.717, 1.165) is 6.42 Å². The Morgan fingerprint density at radius 2 is 1.79 bits per heavy atom. The van der Waals surface area contributed by atoms with Gasteiger partial charge in [-0.15, -0.1) is 0 Å². The minimum Gasteiger partial charge on any atom is -0.464 e. The molecule has 1 aromatic heterocycles. The maximum atomic E-state index is 11.6. The van der Waals surface area contributed by atoms with Gasteiger partial charge >= 0.3 is 5.97 Å². The smallest absolute Gasteiger partial charge is 0.356 e. The number of imidazole rings is 1. The van der Waals surface area contributed by atoms with Crippen molar-refractivity contribution in [2.75, 3.05) is 13.7 Å². The third kappa shape index (κ3) is 9.78. The van der Waals surface area contributed by atoms with Crippen molar-refractivity contribution in [1.82, 2.24) is 9.55 Å². The number of methoxy groups -OCH3 is 1. The van der Waals surface area contributed by atoms with E-state index in [2.05, 4.69) is 18.0 Å². The summed E-state index contributed by atoms with van der Waals surface area (Å²) in [6, 6.07) is 0. The molecule has 0 radical (unpaired) electrons. The van der Waals surface area contributed by atoms with Gasteiger partial charge in [-0.1, -0.05) is 88.6 Å². The van der Waals surface area contributed by atoms with Gasteiger partial charge in [0.1, 0.15) is 5.69 Å². The topological polar surface area (TPSA) is 64.3 Å². The third-order valence-electron chi connectivity index (χ3n) is 4.85. The quantitative estimate of drug-likeness (QED) is 0.168. The second-order valence-corrected chi connectivity index (χ2v) is 8.42. The molecule has 0 bridgehead atoms. The van der Waals surface area contributed by atoms with Crippen molar-refractivity contribution in [3.63, 3.8) is 0 Å². The lowest BCUT2D eigenvalue weighted by molar-refractivity contribution is 0.0589. The number of aliphatic hydroxyl groups is 1. The van der Waals surface area contributed by atoms with E-state index in [1.807, 2.05) is 6.08 Å². The first-order valence-electron chi connectivity index (χ1n) is 10.7. The van der Waals surface area contributed by atoms with E-state index in [4.69, 9.17) is 4.74 Å². The first kappa shape index (κ1) is 24.8. The van der Waals surface area contributed by atoms with Crippen LogP contribution in [0.1, 0.15) is 88.0 Å². The van der Waals surface area contributed by atoms with Crippen molar-refractivity contribution in [2.24, 2.45) is 7.05 Å². The maximum absolute atomic E-state index is 11.6. The van der Waals surface area contributed by atoms with Crippen molar-refractivity contribution in [2.45, 2.75) is 88.0 Å². The van der Waals surface area contributed by atoms with Crippen LogP contribution in [0.25, 0.3) is 0 Å². The summed E-state index contributed by atoms with van der Waals surface area (Å²) in [5.41, 5.74) is 0.413. The fraction of sp³-hybridized carbons (Fsp3) is 0.727. The van der Waals surface area contributed by atoms with Gasteiger partial charge in [0.25, 0.3) is 0 Å². The van der Waals surface area contributed by atoms with Gasteiger partial charge in [-0.2, -0.15) is 0 Å². The predicted molar refractivity (Wildman–Crippen MR) is 117 cm³/mol. The minimum atomic E-state index is -0.404. The van der Waals surface area contributed by atoms with Crippen LogP contribution in [0.2, 0.25) is 0 Å². The Morgan fingerprint density at radius 3 is 2.36 bits per heavy atom. The number of hydrogen-bond donors (Lipinski definition) is 1. The summed E-state index contributed by atoms with van der Waals surface area (Å²) in [5.74, 6) is -0.404. The van der Waals surface area contributed by atoms with E-state index in [9.17, 15) is 9.90 Å². The first-order valence-corrected chi connectivity index (χ1v) is 11.6. The Bertz CT molecular complexity index is 572. The minimum absolute atomic E-state index is 0.0413. The number of rotatable bonds is 16. The molecule has 0 aliphatic heterocycles. The van der Waals surface area contributed by atoms with E-state index in [-0.39, 0.29) is 11.9 Å². The van der Waals surface area contributed by atoms with Crippen molar-refractivity contribution >= 4 is 17.7 Å². The molecule has 160 valence electrons. The summed E-state index contributed by atoms with van der Waals surface area (Å²) in [4.78, 5) is 15.9. The van der Waals surface area contributed by atoms with Crippen LogP contribution in [0, 0.1) is 0 Å². The average molecular weight is 411 g/mol. The number of esters is 1. The molecular weight excluding hydrogens is 372 g/mol. The van der Waals surface area contributed by atoms with Crippen LogP contribution in [-0.2, 0) is 11.8 Å². The molecule has 0 amide bonds. The van der Waals surface area contributed by atoms with Crippen molar-refractivity contribution in [1.29, 1.82) is 0 Å². The van der Waals surface area contributed by atoms with E-state index >= 15 is 0 Å². The molecule has 0 saturated carbocycles. The normalized spacial score (nSPS) is 12.6. The number of aliphatic hydroxyl groups excluding tert-OH is 1. The SMILES string of the molecule is CCCCCCCCCCCC/C=C\C(CO)Sc1ncc(C(=O)OC)n1C. The predicted octanol–water partition coefficient (Wildman–Crippen LogP) is 5.53. The van der Waals surface area contributed by atoms with Gasteiger partial charge in [0.15, 0.2) is 5.16 Å². The van der Waals surface area contributed by atoms with E-state index < -0.39 is 5.97 Å². The number of thioether (sulfide) groups is 1. The van der Waals surface area contributed by atoms with Crippen LogP contribution in [0.3, 0.4) is 0 Å². The molecule has 1 aromatic rings. The zero-order valence-electron chi connectivity index (χ0n) is 17.9. The number of aromatic nitrogens is 2. The van der Waals surface area contributed by atoms with Gasteiger partial charge in [-0.25, -0.2) is 9.78 Å². The van der Waals surface area contributed by atoms with Crippen molar-refractivity contribution in [3.05, 3.63) is 24.0 Å². The second kappa shape index (κ2) is 15.6. The highest BCUT2D eigenvalue weighted by Crippen LogP contribution is 2.24. The van der Waals surface area contributed by atoms with Crippen LogP contribution in [0.4, 0.5) is 0 Å². The number of unbranched alkanes of at least 4 members (excludes halogenated alkanes) is 10. The molecule has 6 heteroatoms. The van der Waals surface area contributed by atoms with Crippen molar-refractivity contribution in [3.8, 4) is 0 Å². The Morgan fingerprint density at radius 1 is 1.18 bits per heavy atom. The summed E-state index contributed by atoms with van der Waals surface area (Å²) >= 11 is 1.45. The molecule has 1 rings (SSSR count). The molecule has 1 atom stereocenters. The Balaban J connectivity index is 2.19.